The van der Waals surface area contributed by atoms with Crippen molar-refractivity contribution in [3.05, 3.63) is 94.0 Å². The van der Waals surface area contributed by atoms with Gasteiger partial charge in [0.1, 0.15) is 25.3 Å². The Balaban J connectivity index is 1.44. The number of aliphatic hydroxyl groups excluding tert-OH is 2. The number of carboxylic acid groups (broad SMARTS) is 2. The number of aromatic nitrogens is 2. The highest BCUT2D eigenvalue weighted by Gasteiger charge is 2.19. The second kappa shape index (κ2) is 17.9. The van der Waals surface area contributed by atoms with E-state index in [0.717, 1.165) is 33.4 Å². The van der Waals surface area contributed by atoms with Gasteiger partial charge in [-0.05, 0) is 59.4 Å². The molecule has 0 fully saturated rings. The predicted molar refractivity (Wildman–Crippen MR) is 182 cm³/mol. The number of nitrogens with one attached hydrogen (secondary N) is 2. The van der Waals surface area contributed by atoms with Gasteiger partial charge in [0.2, 0.25) is 23.5 Å². The van der Waals surface area contributed by atoms with Gasteiger partial charge in [0.15, 0.2) is 0 Å². The SMILES string of the molecule is COc1nc(OCc2cccc(-c3cccc(COc4ccc(CN[C@H](CO)C(=O)O)c(OC)n4)c3C)c2C)ccc1CN[C@H](CO)C(=O)O. The molecule has 266 valence electrons. The Morgan fingerprint density at radius 1 is 0.640 bits per heavy atom. The lowest BCUT2D eigenvalue weighted by molar-refractivity contribution is -0.141. The zero-order valence-electron chi connectivity index (χ0n) is 28.3. The molecule has 6 N–H and O–H groups in total. The third kappa shape index (κ3) is 9.45. The number of rotatable bonds is 19. The summed E-state index contributed by atoms with van der Waals surface area (Å²) < 4.78 is 22.9. The van der Waals surface area contributed by atoms with Crippen LogP contribution in [0.2, 0.25) is 0 Å². The Hall–Kier alpha value is -5.28. The van der Waals surface area contributed by atoms with Crippen molar-refractivity contribution in [2.24, 2.45) is 0 Å². The van der Waals surface area contributed by atoms with Crippen LogP contribution >= 0.6 is 0 Å². The molecule has 0 amide bonds. The van der Waals surface area contributed by atoms with Crippen molar-refractivity contribution >= 4 is 11.9 Å². The number of carbonyl (C=O) groups is 2. The summed E-state index contributed by atoms with van der Waals surface area (Å²) in [5.74, 6) is -1.06. The molecule has 0 bridgehead atoms. The maximum Gasteiger partial charge on any atom is 0.323 e. The smallest absolute Gasteiger partial charge is 0.323 e. The first kappa shape index (κ1) is 37.5. The van der Waals surface area contributed by atoms with Crippen LogP contribution in [0.3, 0.4) is 0 Å². The summed E-state index contributed by atoms with van der Waals surface area (Å²) in [6.45, 7) is 3.74. The van der Waals surface area contributed by atoms with Gasteiger partial charge in [0, 0.05) is 36.3 Å². The summed E-state index contributed by atoms with van der Waals surface area (Å²) >= 11 is 0. The number of pyridine rings is 2. The second-order valence-corrected chi connectivity index (χ2v) is 11.3. The van der Waals surface area contributed by atoms with Crippen LogP contribution in [0, 0.1) is 13.8 Å². The zero-order valence-corrected chi connectivity index (χ0v) is 28.3. The fraction of sp³-hybridized carbons (Fsp3) is 0.333. The van der Waals surface area contributed by atoms with Gasteiger partial charge in [0.05, 0.1) is 27.4 Å². The number of nitrogens with zero attached hydrogens (tertiary/aromatic N) is 2. The van der Waals surface area contributed by atoms with Gasteiger partial charge in [-0.25, -0.2) is 0 Å². The first-order chi connectivity index (χ1) is 24.1. The molecular weight excluding hydrogens is 648 g/mol. The molecule has 0 aliphatic carbocycles. The van der Waals surface area contributed by atoms with Crippen LogP contribution in [-0.4, -0.2) is 81.8 Å². The lowest BCUT2D eigenvalue weighted by atomic mass is 9.92. The molecule has 0 aliphatic rings. The molecule has 4 aromatic rings. The Bertz CT molecular complexity index is 1660. The van der Waals surface area contributed by atoms with E-state index in [1.165, 1.54) is 14.2 Å². The Kier molecular flexibility index (Phi) is 13.5. The molecular formula is C36H42N4O10. The molecule has 2 heterocycles. The first-order valence-corrected chi connectivity index (χ1v) is 15.7. The number of ether oxygens (including phenoxy) is 4. The largest absolute Gasteiger partial charge is 0.481 e. The monoisotopic (exact) mass is 690 g/mol. The van der Waals surface area contributed by atoms with Crippen LogP contribution in [0.1, 0.15) is 33.4 Å². The number of aliphatic hydroxyl groups is 2. The summed E-state index contributed by atoms with van der Waals surface area (Å²) in [5, 5.41) is 42.4. The maximum absolute atomic E-state index is 11.2. The van der Waals surface area contributed by atoms with Gasteiger partial charge < -0.3 is 39.4 Å². The Morgan fingerprint density at radius 3 is 1.38 bits per heavy atom. The number of aliphatic carboxylic acids is 2. The number of hydrogen-bond donors (Lipinski definition) is 6. The third-order valence-corrected chi connectivity index (χ3v) is 8.19. The van der Waals surface area contributed by atoms with E-state index >= 15 is 0 Å². The van der Waals surface area contributed by atoms with E-state index in [9.17, 15) is 19.8 Å². The standard InChI is InChI=1S/C36H42N4O10/c1-21-25(19-49-31-13-11-23(33(39-31)47-3)15-37-29(17-41)35(43)44)7-5-9-27(21)28-10-6-8-26(22(28)2)20-50-32-14-12-24(34(40-32)48-4)16-38-30(18-42)36(45)46/h5-14,29-30,37-38,41-42H,15-20H2,1-4H3,(H,43,44)(H,45,46)/t29-,30-/m1/s1. The molecule has 0 saturated heterocycles. The van der Waals surface area contributed by atoms with Gasteiger partial charge in [-0.1, -0.05) is 36.4 Å². The molecule has 50 heavy (non-hydrogen) atoms. The van der Waals surface area contributed by atoms with E-state index in [1.807, 2.05) is 38.1 Å². The maximum atomic E-state index is 11.2. The summed E-state index contributed by atoms with van der Waals surface area (Å²) in [6, 6.07) is 16.6. The Morgan fingerprint density at radius 2 is 1.04 bits per heavy atom. The molecule has 2 aromatic carbocycles. The highest BCUT2D eigenvalue weighted by atomic mass is 16.5. The van der Waals surface area contributed by atoms with Crippen LogP contribution in [0.25, 0.3) is 11.1 Å². The van der Waals surface area contributed by atoms with E-state index in [4.69, 9.17) is 29.2 Å². The molecule has 4 rings (SSSR count). The molecule has 14 heteroatoms. The van der Waals surface area contributed by atoms with Crippen LogP contribution in [0.15, 0.2) is 60.7 Å². The first-order valence-electron chi connectivity index (χ1n) is 15.7. The van der Waals surface area contributed by atoms with E-state index in [1.54, 1.807) is 24.3 Å². The van der Waals surface area contributed by atoms with Crippen LogP contribution in [0.5, 0.6) is 23.5 Å². The minimum absolute atomic E-state index is 0.135. The normalized spacial score (nSPS) is 12.2. The topological polar surface area (TPSA) is 202 Å². The van der Waals surface area contributed by atoms with Crippen molar-refractivity contribution in [1.82, 2.24) is 20.6 Å². The van der Waals surface area contributed by atoms with Crippen LogP contribution < -0.4 is 29.6 Å². The molecule has 0 saturated carbocycles. The lowest BCUT2D eigenvalue weighted by Gasteiger charge is -2.17. The Labute approximate surface area is 289 Å². The van der Waals surface area contributed by atoms with Gasteiger partial charge >= 0.3 is 11.9 Å². The lowest BCUT2D eigenvalue weighted by Crippen LogP contribution is -2.39. The number of methoxy groups -OCH3 is 2. The van der Waals surface area contributed by atoms with Crippen molar-refractivity contribution < 1.29 is 49.0 Å². The van der Waals surface area contributed by atoms with E-state index < -0.39 is 37.2 Å². The molecule has 2 atom stereocenters. The van der Waals surface area contributed by atoms with Gasteiger partial charge in [-0.15, -0.1) is 0 Å². The second-order valence-electron chi connectivity index (χ2n) is 11.3. The number of hydrogen-bond acceptors (Lipinski definition) is 12. The van der Waals surface area contributed by atoms with Gasteiger partial charge in [-0.3, -0.25) is 20.2 Å². The fourth-order valence-corrected chi connectivity index (χ4v) is 5.18. The quantitative estimate of drug-likeness (QED) is 0.0838. The van der Waals surface area contributed by atoms with E-state index in [0.29, 0.717) is 22.9 Å². The van der Waals surface area contributed by atoms with Crippen molar-refractivity contribution in [3.63, 3.8) is 0 Å². The molecule has 0 spiro atoms. The molecule has 0 radical (unpaired) electrons. The minimum Gasteiger partial charge on any atom is -0.481 e. The summed E-state index contributed by atoms with van der Waals surface area (Å²) in [4.78, 5) is 31.3. The molecule has 0 aliphatic heterocycles. The molecule has 14 nitrogen and oxygen atoms in total. The van der Waals surface area contributed by atoms with Gasteiger partial charge in [-0.2, -0.15) is 9.97 Å². The average molecular weight is 691 g/mol. The third-order valence-electron chi connectivity index (χ3n) is 8.19. The highest BCUT2D eigenvalue weighted by Crippen LogP contribution is 2.31. The minimum atomic E-state index is -1.16. The number of carboxylic acids is 2. The molecule has 0 unspecified atom stereocenters. The summed E-state index contributed by atoms with van der Waals surface area (Å²) in [5.41, 5.74) is 7.29. The van der Waals surface area contributed by atoms with Gasteiger partial charge in [0.25, 0.3) is 0 Å². The van der Waals surface area contributed by atoms with E-state index in [2.05, 4.69) is 32.7 Å². The van der Waals surface area contributed by atoms with Crippen molar-refractivity contribution in [2.75, 3.05) is 27.4 Å². The highest BCUT2D eigenvalue weighted by molar-refractivity contribution is 5.74. The summed E-state index contributed by atoms with van der Waals surface area (Å²) in [6.07, 6.45) is 0. The average Bonchev–Trinajstić information content (AvgIpc) is 3.11. The van der Waals surface area contributed by atoms with Crippen molar-refractivity contribution in [1.29, 1.82) is 0 Å². The fourth-order valence-electron chi connectivity index (χ4n) is 5.18. The van der Waals surface area contributed by atoms with Crippen molar-refractivity contribution in [2.45, 2.75) is 52.2 Å². The predicted octanol–water partition coefficient (Wildman–Crippen LogP) is 3.01. The molecule has 2 aromatic heterocycles. The number of benzene rings is 2. The zero-order chi connectivity index (χ0) is 36.2. The van der Waals surface area contributed by atoms with Crippen molar-refractivity contribution in [3.8, 4) is 34.6 Å². The van der Waals surface area contributed by atoms with Crippen LogP contribution in [0.4, 0.5) is 0 Å². The van der Waals surface area contributed by atoms with Crippen LogP contribution in [-0.2, 0) is 35.9 Å². The summed E-state index contributed by atoms with van der Waals surface area (Å²) in [7, 11) is 2.93. The van der Waals surface area contributed by atoms with E-state index in [-0.39, 0.29) is 38.1 Å².